The van der Waals surface area contributed by atoms with Crippen molar-refractivity contribution in [1.29, 1.82) is 0 Å². The number of nitrogen functional groups attached to an aromatic ring is 1. The van der Waals surface area contributed by atoms with Crippen LogP contribution in [-0.4, -0.2) is 26.8 Å². The summed E-state index contributed by atoms with van der Waals surface area (Å²) in [4.78, 5) is 0. The number of benzene rings is 1. The molecule has 1 aromatic carbocycles. The minimum Gasteiger partial charge on any atom is -0.493 e. The number of methoxy groups -OCH3 is 1. The molecular weight excluding hydrogens is 204 g/mol. The van der Waals surface area contributed by atoms with Crippen LogP contribution in [0.3, 0.4) is 0 Å². The maximum absolute atomic E-state index is 5.75. The topological polar surface area (TPSA) is 56.5 Å². The molecule has 0 radical (unpaired) electrons. The quantitative estimate of drug-likeness (QED) is 0.753. The summed E-state index contributed by atoms with van der Waals surface area (Å²) >= 11 is 0. The zero-order chi connectivity index (χ0) is 11.4. The zero-order valence-electron chi connectivity index (χ0n) is 9.53. The number of ether oxygens (including phenoxy) is 2. The molecule has 0 bridgehead atoms. The summed E-state index contributed by atoms with van der Waals surface area (Å²) in [5.74, 6) is 2.06. The third kappa shape index (κ3) is 2.58. The van der Waals surface area contributed by atoms with Crippen molar-refractivity contribution in [1.82, 2.24) is 5.32 Å². The first-order chi connectivity index (χ1) is 7.79. The van der Waals surface area contributed by atoms with E-state index in [1.165, 1.54) is 6.42 Å². The molecule has 0 saturated carbocycles. The highest BCUT2D eigenvalue weighted by Gasteiger charge is 2.16. The lowest BCUT2D eigenvalue weighted by atomic mass is 10.1. The molecule has 2 rings (SSSR count). The highest BCUT2D eigenvalue weighted by Crippen LogP contribution is 2.29. The van der Waals surface area contributed by atoms with Crippen LogP contribution in [0.1, 0.15) is 6.42 Å². The van der Waals surface area contributed by atoms with Crippen LogP contribution < -0.4 is 20.5 Å². The predicted octanol–water partition coefficient (Wildman–Crippen LogP) is 1.27. The molecule has 1 saturated heterocycles. The molecule has 1 aliphatic heterocycles. The number of nitrogens with one attached hydrogen (secondary N) is 1. The minimum atomic E-state index is 0.589. The standard InChI is InChI=1S/C12H18N2O2/c1-15-11-3-2-10(13)6-12(11)16-8-9-4-5-14-7-9/h2-3,6,9,14H,4-5,7-8,13H2,1H3. The summed E-state index contributed by atoms with van der Waals surface area (Å²) in [6, 6.07) is 5.45. The molecule has 0 amide bonds. The first-order valence-corrected chi connectivity index (χ1v) is 5.56. The van der Waals surface area contributed by atoms with E-state index in [9.17, 15) is 0 Å². The van der Waals surface area contributed by atoms with Crippen LogP contribution in [-0.2, 0) is 0 Å². The molecule has 4 nitrogen and oxygen atoms in total. The van der Waals surface area contributed by atoms with Gasteiger partial charge in [0, 0.05) is 24.2 Å². The van der Waals surface area contributed by atoms with Gasteiger partial charge in [0.1, 0.15) is 0 Å². The van der Waals surface area contributed by atoms with Gasteiger partial charge in [-0.3, -0.25) is 0 Å². The summed E-state index contributed by atoms with van der Waals surface area (Å²) in [6.07, 6.45) is 1.17. The molecule has 4 heteroatoms. The van der Waals surface area contributed by atoms with Gasteiger partial charge in [0.05, 0.1) is 13.7 Å². The van der Waals surface area contributed by atoms with Gasteiger partial charge >= 0.3 is 0 Å². The first-order valence-electron chi connectivity index (χ1n) is 5.56. The van der Waals surface area contributed by atoms with Gasteiger partial charge in [-0.05, 0) is 25.1 Å². The molecule has 0 aliphatic carbocycles. The van der Waals surface area contributed by atoms with Crippen LogP contribution in [0, 0.1) is 5.92 Å². The number of nitrogens with two attached hydrogens (primary N) is 1. The lowest BCUT2D eigenvalue weighted by Gasteiger charge is -2.14. The van der Waals surface area contributed by atoms with Gasteiger partial charge in [0.15, 0.2) is 11.5 Å². The van der Waals surface area contributed by atoms with Crippen molar-refractivity contribution >= 4 is 5.69 Å². The molecule has 3 N–H and O–H groups in total. The maximum atomic E-state index is 5.75. The van der Waals surface area contributed by atoms with Crippen LogP contribution in [0.2, 0.25) is 0 Å². The van der Waals surface area contributed by atoms with Crippen molar-refractivity contribution in [2.24, 2.45) is 5.92 Å². The van der Waals surface area contributed by atoms with Crippen molar-refractivity contribution in [2.75, 3.05) is 32.5 Å². The van der Waals surface area contributed by atoms with Crippen LogP contribution in [0.15, 0.2) is 18.2 Å². The van der Waals surface area contributed by atoms with E-state index in [1.54, 1.807) is 13.2 Å². The van der Waals surface area contributed by atoms with E-state index in [4.69, 9.17) is 15.2 Å². The van der Waals surface area contributed by atoms with Gasteiger partial charge in [-0.1, -0.05) is 0 Å². The summed E-state index contributed by atoms with van der Waals surface area (Å²) in [6.45, 7) is 2.83. The lowest BCUT2D eigenvalue weighted by molar-refractivity contribution is 0.248. The normalized spacial score (nSPS) is 19.7. The molecule has 1 fully saturated rings. The Balaban J connectivity index is 1.98. The van der Waals surface area contributed by atoms with E-state index in [2.05, 4.69) is 5.32 Å². The second-order valence-corrected chi connectivity index (χ2v) is 4.08. The van der Waals surface area contributed by atoms with Crippen molar-refractivity contribution in [3.05, 3.63) is 18.2 Å². The highest BCUT2D eigenvalue weighted by atomic mass is 16.5. The van der Waals surface area contributed by atoms with Gasteiger partial charge in [0.25, 0.3) is 0 Å². The van der Waals surface area contributed by atoms with Crippen LogP contribution in [0.25, 0.3) is 0 Å². The van der Waals surface area contributed by atoms with E-state index >= 15 is 0 Å². The van der Waals surface area contributed by atoms with Gasteiger partial charge in [-0.25, -0.2) is 0 Å². The van der Waals surface area contributed by atoms with E-state index in [-0.39, 0.29) is 0 Å². The maximum Gasteiger partial charge on any atom is 0.163 e. The zero-order valence-corrected chi connectivity index (χ0v) is 9.53. The average molecular weight is 222 g/mol. The fourth-order valence-electron chi connectivity index (χ4n) is 1.87. The smallest absolute Gasteiger partial charge is 0.163 e. The molecule has 1 heterocycles. The Morgan fingerprint density at radius 2 is 2.31 bits per heavy atom. The number of hydrogen-bond donors (Lipinski definition) is 2. The third-order valence-electron chi connectivity index (χ3n) is 2.82. The van der Waals surface area contributed by atoms with Gasteiger partial charge in [-0.2, -0.15) is 0 Å². The van der Waals surface area contributed by atoms with E-state index in [1.807, 2.05) is 12.1 Å². The molecule has 88 valence electrons. The van der Waals surface area contributed by atoms with Crippen LogP contribution >= 0.6 is 0 Å². The third-order valence-corrected chi connectivity index (χ3v) is 2.82. The second kappa shape index (κ2) is 5.07. The van der Waals surface area contributed by atoms with Gasteiger partial charge in [0.2, 0.25) is 0 Å². The monoisotopic (exact) mass is 222 g/mol. The predicted molar refractivity (Wildman–Crippen MR) is 63.9 cm³/mol. The van der Waals surface area contributed by atoms with Crippen LogP contribution in [0.4, 0.5) is 5.69 Å². The highest BCUT2D eigenvalue weighted by molar-refractivity contribution is 5.51. The molecule has 1 unspecified atom stereocenters. The molecule has 16 heavy (non-hydrogen) atoms. The first kappa shape index (κ1) is 11.1. The van der Waals surface area contributed by atoms with E-state index in [0.29, 0.717) is 18.2 Å². The molecule has 1 aliphatic rings. The number of hydrogen-bond acceptors (Lipinski definition) is 4. The van der Waals surface area contributed by atoms with Crippen LogP contribution in [0.5, 0.6) is 11.5 Å². The summed E-state index contributed by atoms with van der Waals surface area (Å²) in [7, 11) is 1.63. The average Bonchev–Trinajstić information content (AvgIpc) is 2.79. The van der Waals surface area contributed by atoms with Crippen molar-refractivity contribution in [2.45, 2.75) is 6.42 Å². The Morgan fingerprint density at radius 1 is 1.44 bits per heavy atom. The van der Waals surface area contributed by atoms with Gasteiger partial charge in [-0.15, -0.1) is 0 Å². The van der Waals surface area contributed by atoms with Crippen molar-refractivity contribution in [3.63, 3.8) is 0 Å². The number of rotatable bonds is 4. The SMILES string of the molecule is COc1ccc(N)cc1OCC1CCNC1. The Labute approximate surface area is 95.7 Å². The van der Waals surface area contributed by atoms with E-state index < -0.39 is 0 Å². The summed E-state index contributed by atoms with van der Waals surface area (Å²) < 4.78 is 11.0. The fourth-order valence-corrected chi connectivity index (χ4v) is 1.87. The molecule has 0 aromatic heterocycles. The molecule has 0 spiro atoms. The Morgan fingerprint density at radius 3 is 3.00 bits per heavy atom. The largest absolute Gasteiger partial charge is 0.493 e. The Kier molecular flexibility index (Phi) is 3.51. The lowest BCUT2D eigenvalue weighted by Crippen LogP contribution is -2.15. The minimum absolute atomic E-state index is 0.589. The second-order valence-electron chi connectivity index (χ2n) is 4.08. The Hall–Kier alpha value is -1.42. The molecule has 1 aromatic rings. The number of anilines is 1. The van der Waals surface area contributed by atoms with E-state index in [0.717, 1.165) is 24.6 Å². The molecular formula is C12H18N2O2. The summed E-state index contributed by atoms with van der Waals surface area (Å²) in [5, 5.41) is 3.31. The fraction of sp³-hybridized carbons (Fsp3) is 0.500. The summed E-state index contributed by atoms with van der Waals surface area (Å²) in [5.41, 5.74) is 6.41. The van der Waals surface area contributed by atoms with Crippen molar-refractivity contribution < 1.29 is 9.47 Å². The molecule has 1 atom stereocenters. The van der Waals surface area contributed by atoms with Crippen molar-refractivity contribution in [3.8, 4) is 11.5 Å². The Bertz CT molecular complexity index is 349. The van der Waals surface area contributed by atoms with Gasteiger partial charge < -0.3 is 20.5 Å².